The molecule has 0 saturated carbocycles. The zero-order valence-electron chi connectivity index (χ0n) is 32.1. The molecular weight excluding hydrogens is 610 g/mol. The Morgan fingerprint density at radius 1 is 0.592 bits per heavy atom. The summed E-state index contributed by atoms with van der Waals surface area (Å²) in [5.74, 6) is -1.84. The van der Waals surface area contributed by atoms with E-state index in [1.807, 2.05) is 0 Å². The molecule has 0 saturated heterocycles. The summed E-state index contributed by atoms with van der Waals surface area (Å²) >= 11 is 0. The molecule has 0 aromatic rings. The van der Waals surface area contributed by atoms with Gasteiger partial charge < -0.3 is 20.9 Å². The first-order chi connectivity index (χ1) is 23.9. The fourth-order valence-corrected chi connectivity index (χ4v) is 6.28. The molecule has 5 N–H and O–H groups in total. The highest BCUT2D eigenvalue weighted by Gasteiger charge is 2.24. The zero-order valence-corrected chi connectivity index (χ0v) is 32.1. The van der Waals surface area contributed by atoms with Crippen LogP contribution >= 0.6 is 0 Å². The van der Waals surface area contributed by atoms with Crippen LogP contribution in [0.1, 0.15) is 213 Å². The predicted molar refractivity (Wildman–Crippen MR) is 209 cm³/mol. The van der Waals surface area contributed by atoms with E-state index in [-0.39, 0.29) is 24.9 Å². The molecule has 286 valence electrons. The molecule has 0 aliphatic carbocycles. The maximum absolute atomic E-state index is 13.0. The highest BCUT2D eigenvalue weighted by Crippen LogP contribution is 2.19. The van der Waals surface area contributed by atoms with Gasteiger partial charge in [0.15, 0.2) is 5.96 Å². The Morgan fingerprint density at radius 3 is 1.29 bits per heavy atom. The molecule has 0 bridgehead atoms. The molecule has 0 radical (unpaired) electrons. The number of carboxylic acids is 1. The molecule has 0 fully saturated rings. The first kappa shape index (κ1) is 46.7. The Kier molecular flexibility index (Phi) is 35.2. The third-order valence-corrected chi connectivity index (χ3v) is 9.37. The number of allylic oxidation sites excluding steroid dienone is 4. The number of nitrogens with one attached hydrogen (secondary N) is 2. The number of carbonyl (C=O) groups is 2. The van der Waals surface area contributed by atoms with Crippen LogP contribution in [-0.2, 0) is 14.3 Å². The van der Waals surface area contributed by atoms with Crippen LogP contribution in [0.15, 0.2) is 24.3 Å². The molecule has 0 amide bonds. The van der Waals surface area contributed by atoms with Crippen molar-refractivity contribution in [2.24, 2.45) is 5.73 Å². The van der Waals surface area contributed by atoms with Crippen molar-refractivity contribution in [3.63, 3.8) is 0 Å². The van der Waals surface area contributed by atoms with E-state index in [4.69, 9.17) is 21.0 Å². The maximum atomic E-state index is 13.0. The van der Waals surface area contributed by atoms with E-state index < -0.39 is 18.0 Å². The third-order valence-electron chi connectivity index (χ3n) is 9.37. The molecule has 0 spiro atoms. The standard InChI is InChI=1S/C42H79N3O4/c1-3-5-7-9-11-13-15-17-19-21-23-25-27-29-31-33-35-38(49-41(48)39(45-42(43)44)36-37-40(46)47)34-32-30-28-26-24-22-20-18-16-14-12-10-8-6-4-2/h17-20,38-39H,3-16,21-37H2,1-2H3,(H,46,47)(H4,43,44,45)/b19-17-,20-18-. The van der Waals surface area contributed by atoms with Crippen LogP contribution in [-0.4, -0.2) is 35.2 Å². The Labute approximate surface area is 302 Å². The van der Waals surface area contributed by atoms with Gasteiger partial charge in [0.05, 0.1) is 0 Å². The van der Waals surface area contributed by atoms with Crippen LogP contribution < -0.4 is 11.1 Å². The number of carboxylic acid groups (broad SMARTS) is 1. The van der Waals surface area contributed by atoms with Gasteiger partial charge in [-0.15, -0.1) is 0 Å². The van der Waals surface area contributed by atoms with Gasteiger partial charge in [0.1, 0.15) is 12.1 Å². The van der Waals surface area contributed by atoms with E-state index in [1.54, 1.807) is 0 Å². The minimum Gasteiger partial charge on any atom is -0.481 e. The molecular formula is C42H79N3O4. The summed E-state index contributed by atoms with van der Waals surface area (Å²) in [5, 5.41) is 19.2. The first-order valence-electron chi connectivity index (χ1n) is 20.7. The smallest absolute Gasteiger partial charge is 0.328 e. The van der Waals surface area contributed by atoms with Crippen LogP contribution in [0.5, 0.6) is 0 Å². The number of esters is 1. The summed E-state index contributed by atoms with van der Waals surface area (Å²) in [5.41, 5.74) is 5.48. The third kappa shape index (κ3) is 35.3. The van der Waals surface area contributed by atoms with Gasteiger partial charge in [0, 0.05) is 6.42 Å². The molecule has 0 aromatic carbocycles. The van der Waals surface area contributed by atoms with E-state index in [1.165, 1.54) is 141 Å². The highest BCUT2D eigenvalue weighted by atomic mass is 16.5. The van der Waals surface area contributed by atoms with E-state index >= 15 is 0 Å². The number of carbonyl (C=O) groups excluding carboxylic acids is 1. The summed E-state index contributed by atoms with van der Waals surface area (Å²) in [6.45, 7) is 4.53. The SMILES string of the molecule is CCCCCCCC/C=C\CCCCCCCCC(CCCCCCC/C=C\CCCCCCCC)OC(=O)C(CCC(=O)O)NC(=N)N. The Bertz CT molecular complexity index is 829. The lowest BCUT2D eigenvalue weighted by atomic mass is 10.0. The van der Waals surface area contributed by atoms with Crippen LogP contribution in [0.4, 0.5) is 0 Å². The largest absolute Gasteiger partial charge is 0.481 e. The van der Waals surface area contributed by atoms with Crippen molar-refractivity contribution in [2.45, 2.75) is 225 Å². The zero-order chi connectivity index (χ0) is 36.0. The summed E-state index contributed by atoms with van der Waals surface area (Å²) in [7, 11) is 0. The van der Waals surface area contributed by atoms with Gasteiger partial charge in [-0.05, 0) is 83.5 Å². The molecule has 0 heterocycles. The number of rotatable bonds is 37. The normalized spacial score (nSPS) is 12.9. The van der Waals surface area contributed by atoms with Gasteiger partial charge in [-0.3, -0.25) is 10.2 Å². The lowest BCUT2D eigenvalue weighted by Crippen LogP contribution is -2.46. The van der Waals surface area contributed by atoms with Gasteiger partial charge in [-0.25, -0.2) is 4.79 Å². The fraction of sp³-hybridized carbons (Fsp3) is 0.833. The molecule has 0 rings (SSSR count). The number of unbranched alkanes of at least 4 members (excludes halogenated alkanes) is 23. The second kappa shape index (κ2) is 37.0. The number of hydrogen-bond acceptors (Lipinski definition) is 4. The van der Waals surface area contributed by atoms with Gasteiger partial charge in [0.25, 0.3) is 0 Å². The average molecular weight is 690 g/mol. The Morgan fingerprint density at radius 2 is 0.939 bits per heavy atom. The molecule has 2 unspecified atom stereocenters. The van der Waals surface area contributed by atoms with Crippen molar-refractivity contribution in [1.29, 1.82) is 5.41 Å². The highest BCUT2D eigenvalue weighted by molar-refractivity contribution is 5.84. The average Bonchev–Trinajstić information content (AvgIpc) is 3.07. The summed E-state index contributed by atoms with van der Waals surface area (Å²) in [4.78, 5) is 24.1. The van der Waals surface area contributed by atoms with Crippen molar-refractivity contribution in [1.82, 2.24) is 5.32 Å². The van der Waals surface area contributed by atoms with E-state index in [0.29, 0.717) is 0 Å². The monoisotopic (exact) mass is 690 g/mol. The van der Waals surface area contributed by atoms with E-state index in [0.717, 1.165) is 44.9 Å². The fourth-order valence-electron chi connectivity index (χ4n) is 6.28. The second-order valence-electron chi connectivity index (χ2n) is 14.2. The molecule has 7 nitrogen and oxygen atoms in total. The van der Waals surface area contributed by atoms with Crippen molar-refractivity contribution in [3.05, 3.63) is 24.3 Å². The van der Waals surface area contributed by atoms with E-state index in [9.17, 15) is 9.59 Å². The lowest BCUT2D eigenvalue weighted by molar-refractivity contribution is -0.152. The van der Waals surface area contributed by atoms with Gasteiger partial charge in [-0.2, -0.15) is 0 Å². The van der Waals surface area contributed by atoms with Crippen LogP contribution in [0.3, 0.4) is 0 Å². The van der Waals surface area contributed by atoms with E-state index in [2.05, 4.69) is 43.5 Å². The number of nitrogens with two attached hydrogens (primary N) is 1. The lowest BCUT2D eigenvalue weighted by Gasteiger charge is -2.23. The summed E-state index contributed by atoms with van der Waals surface area (Å²) in [6, 6.07) is -0.912. The van der Waals surface area contributed by atoms with Gasteiger partial charge in [0.2, 0.25) is 0 Å². The number of hydrogen-bond donors (Lipinski definition) is 4. The Hall–Kier alpha value is -2.31. The maximum Gasteiger partial charge on any atom is 0.328 e. The minimum atomic E-state index is -0.989. The number of guanidine groups is 1. The van der Waals surface area contributed by atoms with Crippen molar-refractivity contribution < 1.29 is 19.4 Å². The quantitative estimate of drug-likeness (QED) is 0.0169. The molecule has 0 aliphatic rings. The molecule has 2 atom stereocenters. The van der Waals surface area contributed by atoms with Crippen molar-refractivity contribution in [3.8, 4) is 0 Å². The molecule has 0 aromatic heterocycles. The predicted octanol–water partition coefficient (Wildman–Crippen LogP) is 12.1. The van der Waals surface area contributed by atoms with Crippen LogP contribution in [0.25, 0.3) is 0 Å². The first-order valence-corrected chi connectivity index (χ1v) is 20.7. The van der Waals surface area contributed by atoms with Crippen molar-refractivity contribution in [2.75, 3.05) is 0 Å². The van der Waals surface area contributed by atoms with Gasteiger partial charge >= 0.3 is 11.9 Å². The topological polar surface area (TPSA) is 126 Å². The number of ether oxygens (including phenoxy) is 1. The second-order valence-corrected chi connectivity index (χ2v) is 14.2. The summed E-state index contributed by atoms with van der Waals surface area (Å²) in [6.07, 6.45) is 44.6. The molecule has 49 heavy (non-hydrogen) atoms. The van der Waals surface area contributed by atoms with Gasteiger partial charge in [-0.1, -0.05) is 147 Å². The molecule has 7 heteroatoms. The Balaban J connectivity index is 4.37. The van der Waals surface area contributed by atoms with Crippen molar-refractivity contribution >= 4 is 17.9 Å². The molecule has 0 aliphatic heterocycles. The minimum absolute atomic E-state index is 0.0438. The van der Waals surface area contributed by atoms with Crippen LogP contribution in [0.2, 0.25) is 0 Å². The van der Waals surface area contributed by atoms with Crippen LogP contribution in [0, 0.1) is 5.41 Å². The number of aliphatic carboxylic acids is 1. The summed E-state index contributed by atoms with van der Waals surface area (Å²) < 4.78 is 5.93.